The van der Waals surface area contributed by atoms with E-state index in [-0.39, 0.29) is 11.4 Å². The fourth-order valence-corrected chi connectivity index (χ4v) is 2.99. The molecule has 1 aliphatic heterocycles. The molecular weight excluding hydrogens is 328 g/mol. The SMILES string of the molecule is Cc1ccccc1/C=C1/C(=O)NC(=O)c2c1nn(-c1ccccc1)c2N. The molecule has 0 atom stereocenters. The maximum atomic E-state index is 12.4. The number of rotatable bonds is 2. The van der Waals surface area contributed by atoms with Gasteiger partial charge in [0.15, 0.2) is 0 Å². The third-order valence-electron chi connectivity index (χ3n) is 4.36. The van der Waals surface area contributed by atoms with Gasteiger partial charge < -0.3 is 5.73 Å². The minimum atomic E-state index is -0.536. The summed E-state index contributed by atoms with van der Waals surface area (Å²) in [4.78, 5) is 24.8. The summed E-state index contributed by atoms with van der Waals surface area (Å²) < 4.78 is 1.48. The van der Waals surface area contributed by atoms with E-state index in [4.69, 9.17) is 5.73 Å². The van der Waals surface area contributed by atoms with Crippen molar-refractivity contribution in [3.63, 3.8) is 0 Å². The summed E-state index contributed by atoms with van der Waals surface area (Å²) in [6, 6.07) is 16.9. The van der Waals surface area contributed by atoms with Gasteiger partial charge in [0.25, 0.3) is 11.8 Å². The number of imide groups is 1. The predicted molar refractivity (Wildman–Crippen MR) is 99.5 cm³/mol. The molecule has 0 spiro atoms. The molecule has 0 bridgehead atoms. The van der Waals surface area contributed by atoms with E-state index in [9.17, 15) is 9.59 Å². The standard InChI is InChI=1S/C20H16N4O2/c1-12-7-5-6-8-13(12)11-15-17-16(20(26)22-19(15)25)18(21)24(23-17)14-9-3-2-4-10-14/h2-11H,21H2,1H3,(H,22,25,26)/b15-11+. The van der Waals surface area contributed by atoms with Gasteiger partial charge in [-0.05, 0) is 36.3 Å². The highest BCUT2D eigenvalue weighted by Crippen LogP contribution is 2.31. The molecule has 1 aliphatic rings. The van der Waals surface area contributed by atoms with Gasteiger partial charge in [-0.2, -0.15) is 5.10 Å². The number of aromatic nitrogens is 2. The van der Waals surface area contributed by atoms with Gasteiger partial charge in [0.05, 0.1) is 11.3 Å². The van der Waals surface area contributed by atoms with Crippen molar-refractivity contribution in [1.82, 2.24) is 15.1 Å². The van der Waals surface area contributed by atoms with E-state index in [2.05, 4.69) is 10.4 Å². The van der Waals surface area contributed by atoms with Crippen LogP contribution in [0.1, 0.15) is 27.2 Å². The fourth-order valence-electron chi connectivity index (χ4n) is 2.99. The average molecular weight is 344 g/mol. The van der Waals surface area contributed by atoms with E-state index in [0.29, 0.717) is 11.3 Å². The number of amides is 2. The number of fused-ring (bicyclic) bond motifs is 1. The zero-order chi connectivity index (χ0) is 18.3. The molecule has 2 heterocycles. The molecule has 2 amide bonds. The van der Waals surface area contributed by atoms with E-state index < -0.39 is 11.8 Å². The zero-order valence-corrected chi connectivity index (χ0v) is 14.1. The number of nitrogens with one attached hydrogen (secondary N) is 1. The molecule has 6 nitrogen and oxygen atoms in total. The van der Waals surface area contributed by atoms with Crippen LogP contribution >= 0.6 is 0 Å². The first-order valence-corrected chi connectivity index (χ1v) is 8.13. The van der Waals surface area contributed by atoms with E-state index >= 15 is 0 Å². The van der Waals surface area contributed by atoms with Gasteiger partial charge in [-0.1, -0.05) is 42.5 Å². The van der Waals surface area contributed by atoms with Gasteiger partial charge in [0, 0.05) is 0 Å². The highest BCUT2D eigenvalue weighted by Gasteiger charge is 2.34. The van der Waals surface area contributed by atoms with Crippen LogP contribution in [0.15, 0.2) is 54.6 Å². The van der Waals surface area contributed by atoms with Crippen molar-refractivity contribution in [1.29, 1.82) is 0 Å². The minimum Gasteiger partial charge on any atom is -0.383 e. The molecule has 3 N–H and O–H groups in total. The van der Waals surface area contributed by atoms with Crippen LogP contribution in [0.4, 0.5) is 5.82 Å². The number of nitrogen functional groups attached to an aromatic ring is 1. The van der Waals surface area contributed by atoms with E-state index in [1.165, 1.54) is 4.68 Å². The normalized spacial score (nSPS) is 15.0. The number of hydrogen-bond donors (Lipinski definition) is 2. The molecule has 0 saturated heterocycles. The Morgan fingerprint density at radius 1 is 1.00 bits per heavy atom. The van der Waals surface area contributed by atoms with Crippen LogP contribution in [0, 0.1) is 6.92 Å². The predicted octanol–water partition coefficient (Wildman–Crippen LogP) is 2.57. The molecule has 0 radical (unpaired) electrons. The largest absolute Gasteiger partial charge is 0.383 e. The van der Waals surface area contributed by atoms with E-state index in [1.54, 1.807) is 6.08 Å². The Morgan fingerprint density at radius 2 is 1.69 bits per heavy atom. The lowest BCUT2D eigenvalue weighted by Crippen LogP contribution is -2.36. The molecule has 0 fully saturated rings. The lowest BCUT2D eigenvalue weighted by Gasteiger charge is -2.14. The van der Waals surface area contributed by atoms with Crippen molar-refractivity contribution >= 4 is 29.3 Å². The van der Waals surface area contributed by atoms with Gasteiger partial charge in [-0.3, -0.25) is 14.9 Å². The van der Waals surface area contributed by atoms with Crippen molar-refractivity contribution in [2.45, 2.75) is 6.92 Å². The number of nitrogens with zero attached hydrogens (tertiary/aromatic N) is 2. The Labute approximate surface area is 149 Å². The lowest BCUT2D eigenvalue weighted by molar-refractivity contribution is -0.114. The molecule has 2 aromatic carbocycles. The van der Waals surface area contributed by atoms with Crippen molar-refractivity contribution in [2.24, 2.45) is 0 Å². The van der Waals surface area contributed by atoms with Crippen molar-refractivity contribution in [3.8, 4) is 5.69 Å². The van der Waals surface area contributed by atoms with Gasteiger partial charge >= 0.3 is 0 Å². The van der Waals surface area contributed by atoms with Gasteiger partial charge in [0.2, 0.25) is 0 Å². The van der Waals surface area contributed by atoms with Crippen LogP contribution in [-0.4, -0.2) is 21.6 Å². The van der Waals surface area contributed by atoms with Crippen LogP contribution in [0.2, 0.25) is 0 Å². The van der Waals surface area contributed by atoms with Crippen LogP contribution in [0.25, 0.3) is 17.3 Å². The second kappa shape index (κ2) is 6.00. The maximum absolute atomic E-state index is 12.4. The molecule has 1 aromatic heterocycles. The number of anilines is 1. The number of carbonyl (C=O) groups excluding carboxylic acids is 2. The maximum Gasteiger partial charge on any atom is 0.264 e. The average Bonchev–Trinajstić information content (AvgIpc) is 2.98. The summed E-state index contributed by atoms with van der Waals surface area (Å²) in [6.45, 7) is 1.95. The summed E-state index contributed by atoms with van der Waals surface area (Å²) in [5.74, 6) is -0.818. The Hall–Kier alpha value is -3.67. The molecule has 4 rings (SSSR count). The van der Waals surface area contributed by atoms with Gasteiger partial charge in [-0.25, -0.2) is 4.68 Å². The van der Waals surface area contributed by atoms with Crippen molar-refractivity contribution in [3.05, 3.63) is 77.0 Å². The molecule has 0 aliphatic carbocycles. The number of aryl methyl sites for hydroxylation is 1. The van der Waals surface area contributed by atoms with E-state index in [0.717, 1.165) is 16.8 Å². The second-order valence-electron chi connectivity index (χ2n) is 6.05. The smallest absolute Gasteiger partial charge is 0.264 e. The molecule has 3 aromatic rings. The number of carbonyl (C=O) groups is 2. The number of benzene rings is 2. The molecule has 0 saturated carbocycles. The third kappa shape index (κ3) is 2.48. The van der Waals surface area contributed by atoms with Gasteiger partial charge in [0.1, 0.15) is 17.1 Å². The minimum absolute atomic E-state index is 0.201. The topological polar surface area (TPSA) is 90.0 Å². The van der Waals surface area contributed by atoms with Crippen molar-refractivity contribution in [2.75, 3.05) is 5.73 Å². The lowest BCUT2D eigenvalue weighted by atomic mass is 9.98. The first kappa shape index (κ1) is 15.8. The summed E-state index contributed by atoms with van der Waals surface area (Å²) in [7, 11) is 0. The van der Waals surface area contributed by atoms with Crippen LogP contribution in [-0.2, 0) is 4.79 Å². The first-order valence-electron chi connectivity index (χ1n) is 8.13. The Morgan fingerprint density at radius 3 is 2.42 bits per heavy atom. The molecule has 6 heteroatoms. The van der Waals surface area contributed by atoms with E-state index in [1.807, 2.05) is 61.5 Å². The van der Waals surface area contributed by atoms with Crippen LogP contribution in [0.3, 0.4) is 0 Å². The Balaban J connectivity index is 1.93. The summed E-state index contributed by atoms with van der Waals surface area (Å²) in [6.07, 6.45) is 1.73. The fraction of sp³-hybridized carbons (Fsp3) is 0.0500. The summed E-state index contributed by atoms with van der Waals surface area (Å²) >= 11 is 0. The quantitative estimate of drug-likeness (QED) is 0.552. The van der Waals surface area contributed by atoms with Crippen molar-refractivity contribution < 1.29 is 9.59 Å². The monoisotopic (exact) mass is 344 g/mol. The number of para-hydroxylation sites is 1. The third-order valence-corrected chi connectivity index (χ3v) is 4.36. The second-order valence-corrected chi connectivity index (χ2v) is 6.05. The summed E-state index contributed by atoms with van der Waals surface area (Å²) in [5, 5.41) is 6.82. The summed E-state index contributed by atoms with van der Waals surface area (Å²) in [5.41, 5.74) is 9.62. The zero-order valence-electron chi connectivity index (χ0n) is 14.1. The molecule has 0 unspecified atom stereocenters. The number of nitrogens with two attached hydrogens (primary N) is 1. The molecule has 128 valence electrons. The first-order chi connectivity index (χ1) is 12.6. The van der Waals surface area contributed by atoms with Crippen LogP contribution < -0.4 is 11.1 Å². The van der Waals surface area contributed by atoms with Gasteiger partial charge in [-0.15, -0.1) is 0 Å². The number of hydrogen-bond acceptors (Lipinski definition) is 4. The highest BCUT2D eigenvalue weighted by molar-refractivity contribution is 6.34. The Bertz CT molecular complexity index is 1060. The Kier molecular flexibility index (Phi) is 3.65. The van der Waals surface area contributed by atoms with Crippen LogP contribution in [0.5, 0.6) is 0 Å². The molecule has 26 heavy (non-hydrogen) atoms. The highest BCUT2D eigenvalue weighted by atomic mass is 16.2. The molecular formula is C20H16N4O2.